The van der Waals surface area contributed by atoms with Crippen LogP contribution in [-0.2, 0) is 0 Å². The molecule has 0 N–H and O–H groups in total. The topological polar surface area (TPSA) is 3.24 Å². The fraction of sp³-hybridized carbons (Fsp3) is 0. The Morgan fingerprint density at radius 3 is 2.00 bits per heavy atom. The minimum atomic E-state index is 1.15. The van der Waals surface area contributed by atoms with Crippen molar-refractivity contribution < 1.29 is 0 Å². The van der Waals surface area contributed by atoms with Gasteiger partial charge in [0.15, 0.2) is 0 Å². The lowest BCUT2D eigenvalue weighted by Crippen LogP contribution is -2.09. The molecule has 9 rings (SSSR count). The largest absolute Gasteiger partial charge is 0.309 e. The molecule has 0 aliphatic carbocycles. The van der Waals surface area contributed by atoms with Crippen molar-refractivity contribution in [2.45, 2.75) is 0 Å². The SMILES string of the molecule is c1ccc(-c2ccc(N(c3ccc4c(c3)sc3ccc5ccccc5c34)c3cccc4c3sc3ccccc34)cc2)cc1. The quantitative estimate of drug-likeness (QED) is 0.199. The highest BCUT2D eigenvalue weighted by molar-refractivity contribution is 7.26. The fourth-order valence-electron chi connectivity index (χ4n) is 6.44. The number of benzene rings is 7. The van der Waals surface area contributed by atoms with E-state index in [0.717, 1.165) is 5.69 Å². The van der Waals surface area contributed by atoms with Crippen LogP contribution in [0.2, 0.25) is 0 Å². The molecule has 0 fully saturated rings. The molecule has 7 aromatic carbocycles. The van der Waals surface area contributed by atoms with Crippen LogP contribution in [-0.4, -0.2) is 0 Å². The molecule has 1 nitrogen and oxygen atoms in total. The molecule has 3 heteroatoms. The maximum atomic E-state index is 2.44. The molecule has 0 atom stereocenters. The number of nitrogens with zero attached hydrogens (tertiary/aromatic N) is 1. The van der Waals surface area contributed by atoms with E-state index in [4.69, 9.17) is 0 Å². The van der Waals surface area contributed by atoms with E-state index in [1.165, 1.54) is 73.6 Å². The van der Waals surface area contributed by atoms with Gasteiger partial charge in [0.25, 0.3) is 0 Å². The molecule has 0 aliphatic rings. The van der Waals surface area contributed by atoms with Crippen molar-refractivity contribution in [3.05, 3.63) is 152 Å². The lowest BCUT2D eigenvalue weighted by molar-refractivity contribution is 1.31. The molecule has 43 heavy (non-hydrogen) atoms. The summed E-state index contributed by atoms with van der Waals surface area (Å²) in [6, 6.07) is 55.3. The van der Waals surface area contributed by atoms with Crippen molar-refractivity contribution in [3.8, 4) is 11.1 Å². The van der Waals surface area contributed by atoms with E-state index in [-0.39, 0.29) is 0 Å². The third-order valence-electron chi connectivity index (χ3n) is 8.46. The number of anilines is 3. The molecule has 0 saturated carbocycles. The normalized spacial score (nSPS) is 11.7. The van der Waals surface area contributed by atoms with Crippen LogP contribution < -0.4 is 4.90 Å². The summed E-state index contributed by atoms with van der Waals surface area (Å²) >= 11 is 3.76. The molecule has 2 aromatic heterocycles. The van der Waals surface area contributed by atoms with Gasteiger partial charge in [-0.3, -0.25) is 0 Å². The van der Waals surface area contributed by atoms with Gasteiger partial charge in [-0.25, -0.2) is 0 Å². The van der Waals surface area contributed by atoms with Crippen LogP contribution in [0.4, 0.5) is 17.1 Å². The number of thiophene rings is 2. The predicted molar refractivity (Wildman–Crippen MR) is 190 cm³/mol. The van der Waals surface area contributed by atoms with Gasteiger partial charge in [0.05, 0.1) is 10.4 Å². The van der Waals surface area contributed by atoms with Gasteiger partial charge >= 0.3 is 0 Å². The molecule has 0 radical (unpaired) electrons. The molecular weight excluding hydrogens is 559 g/mol. The maximum absolute atomic E-state index is 2.44. The average Bonchev–Trinajstić information content (AvgIpc) is 3.64. The van der Waals surface area contributed by atoms with Crippen molar-refractivity contribution in [1.82, 2.24) is 0 Å². The van der Waals surface area contributed by atoms with Gasteiger partial charge in [-0.2, -0.15) is 0 Å². The summed E-state index contributed by atoms with van der Waals surface area (Å²) in [6.07, 6.45) is 0. The van der Waals surface area contributed by atoms with Crippen molar-refractivity contribution in [2.24, 2.45) is 0 Å². The van der Waals surface area contributed by atoms with Crippen molar-refractivity contribution in [1.29, 1.82) is 0 Å². The van der Waals surface area contributed by atoms with Crippen LogP contribution in [0.3, 0.4) is 0 Å². The van der Waals surface area contributed by atoms with Gasteiger partial charge < -0.3 is 4.90 Å². The standard InChI is InChI=1S/C40H25NS2/c1-2-9-26(10-3-1)27-17-20-29(21-18-27)41(35-15-8-14-33-32-13-6-7-16-36(32)43-40(33)35)30-22-23-34-38(25-30)42-37-24-19-28-11-4-5-12-31(28)39(34)37/h1-25H. The van der Waals surface area contributed by atoms with Crippen molar-refractivity contribution in [3.63, 3.8) is 0 Å². The Balaban J connectivity index is 1.27. The third-order valence-corrected chi connectivity index (χ3v) is 10.8. The zero-order chi connectivity index (χ0) is 28.3. The highest BCUT2D eigenvalue weighted by Crippen LogP contribution is 2.47. The summed E-state index contributed by atoms with van der Waals surface area (Å²) in [5.74, 6) is 0. The second kappa shape index (κ2) is 9.81. The Hall–Kier alpha value is -4.96. The van der Waals surface area contributed by atoms with Gasteiger partial charge in [-0.05, 0) is 64.4 Å². The monoisotopic (exact) mass is 583 g/mol. The minimum Gasteiger partial charge on any atom is -0.309 e. The first kappa shape index (κ1) is 24.6. The molecule has 0 aliphatic heterocycles. The maximum Gasteiger partial charge on any atom is 0.0640 e. The van der Waals surface area contributed by atoms with Gasteiger partial charge in [0, 0.05) is 47.0 Å². The highest BCUT2D eigenvalue weighted by atomic mass is 32.1. The van der Waals surface area contributed by atoms with Gasteiger partial charge in [0.1, 0.15) is 0 Å². The van der Waals surface area contributed by atoms with Crippen molar-refractivity contribution >= 4 is 90.9 Å². The zero-order valence-electron chi connectivity index (χ0n) is 23.2. The molecule has 0 saturated heterocycles. The lowest BCUT2D eigenvalue weighted by atomic mass is 10.0. The van der Waals surface area contributed by atoms with Crippen LogP contribution >= 0.6 is 22.7 Å². The fourth-order valence-corrected chi connectivity index (χ4v) is 8.80. The third kappa shape index (κ3) is 3.97. The van der Waals surface area contributed by atoms with E-state index >= 15 is 0 Å². The summed E-state index contributed by atoms with van der Waals surface area (Å²) in [4.78, 5) is 2.44. The van der Waals surface area contributed by atoms with Gasteiger partial charge in [-0.15, -0.1) is 22.7 Å². The molecule has 0 amide bonds. The Kier molecular flexibility index (Phi) is 5.62. The predicted octanol–water partition coefficient (Wildman–Crippen LogP) is 12.7. The van der Waals surface area contributed by atoms with E-state index in [1.54, 1.807) is 0 Å². The Bertz CT molecular complexity index is 2450. The number of hydrogen-bond donors (Lipinski definition) is 0. The number of fused-ring (bicyclic) bond motifs is 8. The molecule has 202 valence electrons. The van der Waals surface area contributed by atoms with Crippen LogP contribution in [0.25, 0.3) is 62.2 Å². The average molecular weight is 584 g/mol. The summed E-state index contributed by atoms with van der Waals surface area (Å²) < 4.78 is 5.25. The van der Waals surface area contributed by atoms with Gasteiger partial charge in [0.2, 0.25) is 0 Å². The van der Waals surface area contributed by atoms with Crippen LogP contribution in [0.15, 0.2) is 152 Å². The Morgan fingerprint density at radius 2 is 1.12 bits per heavy atom. The second-order valence-electron chi connectivity index (χ2n) is 10.9. The summed E-state index contributed by atoms with van der Waals surface area (Å²) in [7, 11) is 0. The summed E-state index contributed by atoms with van der Waals surface area (Å²) in [5, 5.41) is 7.90. The zero-order valence-corrected chi connectivity index (χ0v) is 24.8. The lowest BCUT2D eigenvalue weighted by Gasteiger charge is -2.26. The van der Waals surface area contributed by atoms with E-state index in [1.807, 2.05) is 22.7 Å². The first-order chi connectivity index (χ1) is 21.3. The van der Waals surface area contributed by atoms with Crippen LogP contribution in [0.5, 0.6) is 0 Å². The molecule has 0 unspecified atom stereocenters. The highest BCUT2D eigenvalue weighted by Gasteiger charge is 2.19. The minimum absolute atomic E-state index is 1.15. The Morgan fingerprint density at radius 1 is 0.395 bits per heavy atom. The van der Waals surface area contributed by atoms with Gasteiger partial charge in [-0.1, -0.05) is 109 Å². The van der Waals surface area contributed by atoms with Crippen LogP contribution in [0, 0.1) is 0 Å². The van der Waals surface area contributed by atoms with E-state index < -0.39 is 0 Å². The second-order valence-corrected chi connectivity index (χ2v) is 13.1. The number of rotatable bonds is 4. The molecule has 9 aromatic rings. The van der Waals surface area contributed by atoms with E-state index in [2.05, 4.69) is 157 Å². The molecular formula is C40H25NS2. The van der Waals surface area contributed by atoms with E-state index in [9.17, 15) is 0 Å². The van der Waals surface area contributed by atoms with Crippen molar-refractivity contribution in [2.75, 3.05) is 4.90 Å². The number of hydrogen-bond acceptors (Lipinski definition) is 3. The summed E-state index contributed by atoms with van der Waals surface area (Å²) in [5.41, 5.74) is 5.97. The summed E-state index contributed by atoms with van der Waals surface area (Å²) in [6.45, 7) is 0. The van der Waals surface area contributed by atoms with Crippen LogP contribution in [0.1, 0.15) is 0 Å². The molecule has 2 heterocycles. The first-order valence-corrected chi connectivity index (χ1v) is 16.1. The molecule has 0 spiro atoms. The smallest absolute Gasteiger partial charge is 0.0640 e. The molecule has 0 bridgehead atoms. The Labute approximate surface area is 257 Å². The first-order valence-electron chi connectivity index (χ1n) is 14.5. The van der Waals surface area contributed by atoms with E-state index in [0.29, 0.717) is 0 Å².